The van der Waals surface area contributed by atoms with Crippen LogP contribution in [0.1, 0.15) is 64.3 Å². The first-order chi connectivity index (χ1) is 21.0. The van der Waals surface area contributed by atoms with Crippen LogP contribution in [0.2, 0.25) is 10.0 Å². The monoisotopic (exact) mass is 678 g/mol. The number of ether oxygens (including phenoxy) is 1. The quantitative estimate of drug-likeness (QED) is 0.242. The van der Waals surface area contributed by atoms with Crippen molar-refractivity contribution in [1.82, 2.24) is 4.90 Å². The molecule has 1 aliphatic heterocycles. The van der Waals surface area contributed by atoms with E-state index in [1.165, 1.54) is 43.9 Å². The van der Waals surface area contributed by atoms with Gasteiger partial charge in [0, 0.05) is 10.0 Å². The van der Waals surface area contributed by atoms with Gasteiger partial charge in [0.2, 0.25) is 10.0 Å². The number of carboxylic acid groups (broad SMARTS) is 1. The van der Waals surface area contributed by atoms with Crippen LogP contribution in [0.3, 0.4) is 0 Å². The summed E-state index contributed by atoms with van der Waals surface area (Å²) in [6.45, 7) is 7.92. The summed E-state index contributed by atoms with van der Waals surface area (Å²) in [4.78, 5) is 27.8. The molecular formula is C33H37Cl2FN2O6S. The molecule has 242 valence electrons. The van der Waals surface area contributed by atoms with Crippen LogP contribution in [0.4, 0.5) is 10.1 Å². The van der Waals surface area contributed by atoms with Crippen LogP contribution in [0, 0.1) is 11.7 Å². The molecule has 1 saturated heterocycles. The number of rotatable bonds is 10. The van der Waals surface area contributed by atoms with E-state index in [4.69, 9.17) is 27.9 Å². The van der Waals surface area contributed by atoms with E-state index in [0.29, 0.717) is 21.2 Å². The Hall–Kier alpha value is -3.18. The van der Waals surface area contributed by atoms with Gasteiger partial charge in [-0.1, -0.05) is 73.4 Å². The summed E-state index contributed by atoms with van der Waals surface area (Å²) in [6.07, 6.45) is -2.91. The van der Waals surface area contributed by atoms with Gasteiger partial charge in [-0.05, 0) is 74.2 Å². The van der Waals surface area contributed by atoms with Gasteiger partial charge in [-0.15, -0.1) is 0 Å². The van der Waals surface area contributed by atoms with Crippen LogP contribution < -0.4 is 4.31 Å². The largest absolute Gasteiger partial charge is 0.481 e. The molecule has 0 aliphatic carbocycles. The zero-order valence-corrected chi connectivity index (χ0v) is 28.0. The number of hydrogen-bond acceptors (Lipinski definition) is 5. The number of anilines is 1. The van der Waals surface area contributed by atoms with Crippen molar-refractivity contribution >= 4 is 50.8 Å². The highest BCUT2D eigenvalue weighted by Gasteiger charge is 2.49. The SMILES string of the molecule is CC(C)C(CN(c1ccccc1F)S(=O)(=O)C(C)(C)C)N1C(=O)[C@@H](CC(=O)O)O[C@H](c2cccc(Cl)c2)[C@H]1c1ccc(Cl)cc1. The molecule has 4 atom stereocenters. The van der Waals surface area contributed by atoms with E-state index < -0.39 is 63.2 Å². The second-order valence-electron chi connectivity index (χ2n) is 12.4. The molecular weight excluding hydrogens is 642 g/mol. The Morgan fingerprint density at radius 2 is 1.64 bits per heavy atom. The summed E-state index contributed by atoms with van der Waals surface area (Å²) >= 11 is 12.6. The topological polar surface area (TPSA) is 104 Å². The Labute approximate surface area is 273 Å². The fourth-order valence-electron chi connectivity index (χ4n) is 5.46. The van der Waals surface area contributed by atoms with Crippen molar-refractivity contribution in [1.29, 1.82) is 0 Å². The number of carboxylic acids is 1. The van der Waals surface area contributed by atoms with Crippen LogP contribution in [0.5, 0.6) is 0 Å². The predicted molar refractivity (Wildman–Crippen MR) is 173 cm³/mol. The van der Waals surface area contributed by atoms with Gasteiger partial charge in [-0.25, -0.2) is 12.8 Å². The zero-order chi connectivity index (χ0) is 33.3. The third-order valence-electron chi connectivity index (χ3n) is 7.84. The van der Waals surface area contributed by atoms with E-state index in [-0.39, 0.29) is 18.2 Å². The highest BCUT2D eigenvalue weighted by Crippen LogP contribution is 2.45. The standard InChI is InChI=1S/C33H37Cl2FN2O6S/c1-20(2)27(19-37(45(42,43)33(3,4)5)26-12-7-6-11-25(26)36)38-30(21-13-15-23(34)16-14-21)31(22-9-8-10-24(35)17-22)44-28(32(38)41)18-29(39)40/h6-17,20,27-28,30-31H,18-19H2,1-5H3,(H,39,40)/t27?,28-,30-,31-/m1/s1. The van der Waals surface area contributed by atoms with Crippen LogP contribution in [-0.2, 0) is 24.3 Å². The molecule has 1 amide bonds. The van der Waals surface area contributed by atoms with Gasteiger partial charge in [0.15, 0.2) is 0 Å². The van der Waals surface area contributed by atoms with Gasteiger partial charge < -0.3 is 14.7 Å². The first-order valence-corrected chi connectivity index (χ1v) is 16.7. The van der Waals surface area contributed by atoms with Crippen LogP contribution in [-0.4, -0.2) is 53.7 Å². The maximum Gasteiger partial charge on any atom is 0.306 e. The summed E-state index contributed by atoms with van der Waals surface area (Å²) in [5.74, 6) is -2.99. The Morgan fingerprint density at radius 1 is 1.00 bits per heavy atom. The van der Waals surface area contributed by atoms with Crippen molar-refractivity contribution in [3.05, 3.63) is 99.8 Å². The van der Waals surface area contributed by atoms with E-state index >= 15 is 4.39 Å². The molecule has 45 heavy (non-hydrogen) atoms. The minimum absolute atomic E-state index is 0.157. The third kappa shape index (κ3) is 7.46. The molecule has 3 aromatic carbocycles. The lowest BCUT2D eigenvalue weighted by Crippen LogP contribution is -2.60. The lowest BCUT2D eigenvalue weighted by molar-refractivity contribution is -0.184. The first kappa shape index (κ1) is 34.7. The fourth-order valence-corrected chi connectivity index (χ4v) is 7.20. The fraction of sp³-hybridized carbons (Fsp3) is 0.394. The molecule has 1 N–H and O–H groups in total. The lowest BCUT2D eigenvalue weighted by atomic mass is 9.88. The van der Waals surface area contributed by atoms with E-state index in [9.17, 15) is 23.1 Å². The maximum absolute atomic E-state index is 15.3. The molecule has 4 rings (SSSR count). The number of hydrogen-bond donors (Lipinski definition) is 1. The molecule has 8 nitrogen and oxygen atoms in total. The molecule has 1 unspecified atom stereocenters. The van der Waals surface area contributed by atoms with Crippen molar-refractivity contribution < 1.29 is 32.2 Å². The highest BCUT2D eigenvalue weighted by molar-refractivity contribution is 7.94. The Bertz CT molecular complexity index is 1650. The van der Waals surface area contributed by atoms with Crippen LogP contribution in [0.15, 0.2) is 72.8 Å². The van der Waals surface area contributed by atoms with Gasteiger partial charge in [0.05, 0.1) is 35.5 Å². The number of carbonyl (C=O) groups excluding carboxylic acids is 1. The van der Waals surface area contributed by atoms with Crippen LogP contribution >= 0.6 is 23.2 Å². The molecule has 0 spiro atoms. The van der Waals surface area contributed by atoms with Crippen molar-refractivity contribution in [3.63, 3.8) is 0 Å². The van der Waals surface area contributed by atoms with E-state index in [1.807, 2.05) is 13.8 Å². The van der Waals surface area contributed by atoms with E-state index in [0.717, 1.165) is 4.31 Å². The predicted octanol–water partition coefficient (Wildman–Crippen LogP) is 7.28. The summed E-state index contributed by atoms with van der Waals surface area (Å²) < 4.78 is 49.5. The molecule has 0 aromatic heterocycles. The average molecular weight is 680 g/mol. The van der Waals surface area contributed by atoms with Crippen molar-refractivity contribution in [3.8, 4) is 0 Å². The van der Waals surface area contributed by atoms with Gasteiger partial charge in [-0.2, -0.15) is 0 Å². The van der Waals surface area contributed by atoms with Crippen LogP contribution in [0.25, 0.3) is 0 Å². The van der Waals surface area contributed by atoms with E-state index in [2.05, 4.69) is 0 Å². The molecule has 12 heteroatoms. The van der Waals surface area contributed by atoms with Crippen molar-refractivity contribution in [2.24, 2.45) is 5.92 Å². The average Bonchev–Trinajstić information content (AvgIpc) is 2.95. The number of sulfonamides is 1. The zero-order valence-electron chi connectivity index (χ0n) is 25.7. The first-order valence-electron chi connectivity index (χ1n) is 14.5. The summed E-state index contributed by atoms with van der Waals surface area (Å²) in [7, 11) is -4.20. The normalized spacial score (nSPS) is 19.9. The third-order valence-corrected chi connectivity index (χ3v) is 10.8. The van der Waals surface area contributed by atoms with E-state index in [1.54, 1.807) is 54.6 Å². The number of carbonyl (C=O) groups is 2. The molecule has 1 heterocycles. The number of amides is 1. The number of benzene rings is 3. The van der Waals surface area contributed by atoms with Gasteiger partial charge in [0.1, 0.15) is 18.0 Å². The number of nitrogens with zero attached hydrogens (tertiary/aromatic N) is 2. The number of halogens is 3. The molecule has 3 aromatic rings. The van der Waals surface area contributed by atoms with Gasteiger partial charge in [0.25, 0.3) is 5.91 Å². The Morgan fingerprint density at radius 3 is 2.20 bits per heavy atom. The highest BCUT2D eigenvalue weighted by atomic mass is 35.5. The molecule has 0 radical (unpaired) electrons. The Balaban J connectivity index is 1.97. The van der Waals surface area contributed by atoms with Gasteiger partial charge in [-0.3, -0.25) is 13.9 Å². The number of para-hydroxylation sites is 1. The molecule has 1 fully saturated rings. The lowest BCUT2D eigenvalue weighted by Gasteiger charge is -2.50. The van der Waals surface area contributed by atoms with Gasteiger partial charge >= 0.3 is 5.97 Å². The smallest absolute Gasteiger partial charge is 0.306 e. The number of morpholine rings is 1. The molecule has 0 bridgehead atoms. The van der Waals surface area contributed by atoms with Crippen molar-refractivity contribution in [2.75, 3.05) is 10.8 Å². The summed E-state index contributed by atoms with van der Waals surface area (Å²) in [5.41, 5.74) is 1.05. The minimum Gasteiger partial charge on any atom is -0.481 e. The number of aliphatic carboxylic acids is 1. The second kappa shape index (κ2) is 13.7. The summed E-state index contributed by atoms with van der Waals surface area (Å²) in [5, 5.41) is 10.6. The second-order valence-corrected chi connectivity index (χ2v) is 15.8. The Kier molecular flexibility index (Phi) is 10.5. The summed E-state index contributed by atoms with van der Waals surface area (Å²) in [6, 6.07) is 17.5. The molecule has 1 aliphatic rings. The van der Waals surface area contributed by atoms with Crippen molar-refractivity contribution in [2.45, 2.75) is 70.1 Å². The maximum atomic E-state index is 15.3. The molecule has 0 saturated carbocycles. The minimum atomic E-state index is -4.20.